The van der Waals surface area contributed by atoms with Crippen molar-refractivity contribution in [2.75, 3.05) is 18.5 Å². The minimum absolute atomic E-state index is 0.276. The number of aromatic nitrogens is 2. The molecule has 8 nitrogen and oxygen atoms in total. The van der Waals surface area contributed by atoms with E-state index in [0.29, 0.717) is 41.3 Å². The van der Waals surface area contributed by atoms with Gasteiger partial charge in [0.2, 0.25) is 5.91 Å². The van der Waals surface area contributed by atoms with Crippen molar-refractivity contribution in [2.24, 2.45) is 0 Å². The number of carbonyl (C=O) groups is 1. The van der Waals surface area contributed by atoms with Gasteiger partial charge >= 0.3 is 5.69 Å². The number of H-pyrrole nitrogens is 1. The molecule has 1 atom stereocenters. The molecule has 0 saturated heterocycles. The molecule has 0 bridgehead atoms. The molecule has 2 aromatic carbocycles. The zero-order valence-electron chi connectivity index (χ0n) is 15.2. The van der Waals surface area contributed by atoms with Gasteiger partial charge in [-0.25, -0.2) is 9.36 Å². The number of carbonyl (C=O) groups excluding carboxylic acids is 1. The fourth-order valence-corrected chi connectivity index (χ4v) is 3.29. The molecule has 1 aliphatic rings. The van der Waals surface area contributed by atoms with E-state index in [1.165, 1.54) is 0 Å². The lowest BCUT2D eigenvalue weighted by Crippen LogP contribution is -2.42. The molecule has 2 N–H and O–H groups in total. The van der Waals surface area contributed by atoms with Gasteiger partial charge in [-0.1, -0.05) is 19.1 Å². The number of rotatable bonds is 4. The van der Waals surface area contributed by atoms with E-state index in [-0.39, 0.29) is 6.42 Å². The lowest BCUT2D eigenvalue weighted by Gasteiger charge is -2.20. The summed E-state index contributed by atoms with van der Waals surface area (Å²) in [7, 11) is 0. The van der Waals surface area contributed by atoms with Crippen LogP contribution in [0.3, 0.4) is 0 Å². The first-order valence-corrected chi connectivity index (χ1v) is 9.02. The van der Waals surface area contributed by atoms with Crippen LogP contribution in [-0.4, -0.2) is 28.7 Å². The number of nitrogens with one attached hydrogen (secondary N) is 2. The van der Waals surface area contributed by atoms with E-state index in [4.69, 9.17) is 9.47 Å². The Morgan fingerprint density at radius 3 is 2.68 bits per heavy atom. The Hall–Kier alpha value is -3.55. The summed E-state index contributed by atoms with van der Waals surface area (Å²) in [4.78, 5) is 40.8. The van der Waals surface area contributed by atoms with Crippen molar-refractivity contribution in [1.82, 2.24) is 9.55 Å². The first-order valence-electron chi connectivity index (χ1n) is 9.02. The van der Waals surface area contributed by atoms with Crippen LogP contribution in [0.15, 0.2) is 52.1 Å². The fourth-order valence-electron chi connectivity index (χ4n) is 3.29. The van der Waals surface area contributed by atoms with Crippen LogP contribution < -0.4 is 26.0 Å². The second-order valence-corrected chi connectivity index (χ2v) is 6.42. The molecular formula is C20H19N3O5. The van der Waals surface area contributed by atoms with Gasteiger partial charge in [0, 0.05) is 11.8 Å². The monoisotopic (exact) mass is 381 g/mol. The third kappa shape index (κ3) is 3.13. The highest BCUT2D eigenvalue weighted by atomic mass is 16.6. The maximum atomic E-state index is 12.9. The molecule has 0 saturated carbocycles. The van der Waals surface area contributed by atoms with Gasteiger partial charge in [-0.15, -0.1) is 0 Å². The zero-order valence-corrected chi connectivity index (χ0v) is 15.2. The number of ether oxygens (including phenoxy) is 2. The Bertz CT molecular complexity index is 1160. The normalized spacial score (nSPS) is 13.9. The molecule has 8 heteroatoms. The summed E-state index contributed by atoms with van der Waals surface area (Å²) >= 11 is 0. The summed E-state index contributed by atoms with van der Waals surface area (Å²) < 4.78 is 12.0. The number of benzene rings is 2. The van der Waals surface area contributed by atoms with Crippen molar-refractivity contribution in [3.05, 3.63) is 63.3 Å². The van der Waals surface area contributed by atoms with E-state index in [9.17, 15) is 14.4 Å². The number of nitrogens with zero attached hydrogens (tertiary/aromatic N) is 1. The molecule has 0 unspecified atom stereocenters. The smallest absolute Gasteiger partial charge is 0.329 e. The molecule has 4 rings (SSSR count). The molecule has 1 amide bonds. The van der Waals surface area contributed by atoms with Crippen LogP contribution in [0.1, 0.15) is 19.4 Å². The number of para-hydroxylation sites is 1. The van der Waals surface area contributed by atoms with E-state index < -0.39 is 23.2 Å². The van der Waals surface area contributed by atoms with Gasteiger partial charge < -0.3 is 19.8 Å². The summed E-state index contributed by atoms with van der Waals surface area (Å²) in [5, 5.41) is 3.11. The van der Waals surface area contributed by atoms with Crippen molar-refractivity contribution in [3.63, 3.8) is 0 Å². The Morgan fingerprint density at radius 1 is 1.14 bits per heavy atom. The SMILES string of the molecule is CC[C@@H](C(=O)Nc1ccc2c(c1)OCCO2)n1c(=O)[nH]c2ccccc2c1=O. The van der Waals surface area contributed by atoms with Crippen LogP contribution >= 0.6 is 0 Å². The average molecular weight is 381 g/mol. The van der Waals surface area contributed by atoms with Gasteiger partial charge in [-0.3, -0.25) is 9.59 Å². The fraction of sp³-hybridized carbons (Fsp3) is 0.250. The van der Waals surface area contributed by atoms with Gasteiger partial charge in [-0.05, 0) is 30.7 Å². The van der Waals surface area contributed by atoms with Crippen LogP contribution in [0.4, 0.5) is 5.69 Å². The average Bonchev–Trinajstić information content (AvgIpc) is 2.71. The van der Waals surface area contributed by atoms with Gasteiger partial charge in [0.1, 0.15) is 19.3 Å². The molecule has 28 heavy (non-hydrogen) atoms. The lowest BCUT2D eigenvalue weighted by atomic mass is 10.1. The van der Waals surface area contributed by atoms with Gasteiger partial charge in [0.05, 0.1) is 10.9 Å². The number of hydrogen-bond donors (Lipinski definition) is 2. The van der Waals surface area contributed by atoms with Gasteiger partial charge in [0.15, 0.2) is 11.5 Å². The Labute approximate surface area is 159 Å². The number of anilines is 1. The van der Waals surface area contributed by atoms with Crippen molar-refractivity contribution in [3.8, 4) is 11.5 Å². The second-order valence-electron chi connectivity index (χ2n) is 6.42. The van der Waals surface area contributed by atoms with E-state index >= 15 is 0 Å². The summed E-state index contributed by atoms with van der Waals surface area (Å²) in [6.45, 7) is 2.66. The molecule has 1 aliphatic heterocycles. The van der Waals surface area contributed by atoms with Gasteiger partial charge in [-0.2, -0.15) is 0 Å². The number of aromatic amines is 1. The molecule has 0 spiro atoms. The van der Waals surface area contributed by atoms with Crippen molar-refractivity contribution >= 4 is 22.5 Å². The Balaban J connectivity index is 1.68. The first-order chi connectivity index (χ1) is 13.6. The molecule has 144 valence electrons. The maximum absolute atomic E-state index is 12.9. The number of fused-ring (bicyclic) bond motifs is 2. The van der Waals surface area contributed by atoms with E-state index in [1.807, 2.05) is 0 Å². The summed E-state index contributed by atoms with van der Waals surface area (Å²) in [5.74, 6) is 0.693. The highest BCUT2D eigenvalue weighted by molar-refractivity contribution is 5.94. The predicted molar refractivity (Wildman–Crippen MR) is 104 cm³/mol. The minimum atomic E-state index is -0.950. The molecular weight excluding hydrogens is 362 g/mol. The first kappa shape index (κ1) is 17.8. The van der Waals surface area contributed by atoms with Crippen molar-refractivity contribution in [1.29, 1.82) is 0 Å². The van der Waals surface area contributed by atoms with Crippen molar-refractivity contribution < 1.29 is 14.3 Å². The van der Waals surface area contributed by atoms with E-state index in [1.54, 1.807) is 49.4 Å². The molecule has 0 aliphatic carbocycles. The predicted octanol–water partition coefficient (Wildman–Crippen LogP) is 2.05. The van der Waals surface area contributed by atoms with E-state index in [2.05, 4.69) is 10.3 Å². The summed E-state index contributed by atoms with van der Waals surface area (Å²) in [6.07, 6.45) is 0.276. The number of amides is 1. The third-order valence-electron chi connectivity index (χ3n) is 4.65. The highest BCUT2D eigenvalue weighted by Gasteiger charge is 2.24. The van der Waals surface area contributed by atoms with Crippen LogP contribution in [0, 0.1) is 0 Å². The molecule has 0 fully saturated rings. The third-order valence-corrected chi connectivity index (χ3v) is 4.65. The second kappa shape index (κ2) is 7.22. The lowest BCUT2D eigenvalue weighted by molar-refractivity contribution is -0.119. The number of hydrogen-bond acceptors (Lipinski definition) is 5. The Morgan fingerprint density at radius 2 is 1.89 bits per heavy atom. The molecule has 1 aromatic heterocycles. The summed E-state index contributed by atoms with van der Waals surface area (Å²) in [5.41, 5.74) is -0.176. The largest absolute Gasteiger partial charge is 0.486 e. The van der Waals surface area contributed by atoms with Crippen LogP contribution in [0.25, 0.3) is 10.9 Å². The van der Waals surface area contributed by atoms with Crippen LogP contribution in [0.5, 0.6) is 11.5 Å². The molecule has 3 aromatic rings. The van der Waals surface area contributed by atoms with E-state index in [0.717, 1.165) is 4.57 Å². The quantitative estimate of drug-likeness (QED) is 0.720. The summed E-state index contributed by atoms with van der Waals surface area (Å²) in [6, 6.07) is 10.8. The van der Waals surface area contributed by atoms with Crippen LogP contribution in [-0.2, 0) is 4.79 Å². The zero-order chi connectivity index (χ0) is 19.7. The topological polar surface area (TPSA) is 102 Å². The standard InChI is InChI=1S/C20H19N3O5/c1-2-15(23-19(25)13-5-3-4-6-14(13)22-20(23)26)18(24)21-12-7-8-16-17(11-12)28-10-9-27-16/h3-8,11,15H,2,9-10H2,1H3,(H,21,24)(H,22,26)/t15-/m0/s1. The highest BCUT2D eigenvalue weighted by Crippen LogP contribution is 2.32. The maximum Gasteiger partial charge on any atom is 0.329 e. The minimum Gasteiger partial charge on any atom is -0.486 e. The van der Waals surface area contributed by atoms with Crippen LogP contribution in [0.2, 0.25) is 0 Å². The molecule has 0 radical (unpaired) electrons. The van der Waals surface area contributed by atoms with Crippen molar-refractivity contribution in [2.45, 2.75) is 19.4 Å². The molecule has 2 heterocycles. The Kier molecular flexibility index (Phi) is 4.60. The van der Waals surface area contributed by atoms with Gasteiger partial charge in [0.25, 0.3) is 5.56 Å².